The van der Waals surface area contributed by atoms with Gasteiger partial charge in [0.05, 0.1) is 11.2 Å². The van der Waals surface area contributed by atoms with Crippen LogP contribution in [-0.4, -0.2) is 24.7 Å². The van der Waals surface area contributed by atoms with E-state index in [-0.39, 0.29) is 0 Å². The van der Waals surface area contributed by atoms with Crippen molar-refractivity contribution in [2.45, 2.75) is 20.4 Å². The summed E-state index contributed by atoms with van der Waals surface area (Å²) in [4.78, 5) is 12.0. The van der Waals surface area contributed by atoms with Gasteiger partial charge in [-0.2, -0.15) is 5.10 Å². The second-order valence-corrected chi connectivity index (χ2v) is 3.95. The van der Waals surface area contributed by atoms with Crippen molar-refractivity contribution in [2.75, 3.05) is 0 Å². The Morgan fingerprint density at radius 3 is 3.06 bits per heavy atom. The van der Waals surface area contributed by atoms with Crippen molar-refractivity contribution in [3.63, 3.8) is 0 Å². The van der Waals surface area contributed by atoms with Crippen LogP contribution in [0.5, 0.6) is 0 Å². The van der Waals surface area contributed by atoms with E-state index in [1.54, 1.807) is 6.20 Å². The first-order valence-electron chi connectivity index (χ1n) is 5.63. The van der Waals surface area contributed by atoms with E-state index >= 15 is 0 Å². The maximum Gasteiger partial charge on any atom is 0.178 e. The van der Waals surface area contributed by atoms with E-state index in [4.69, 9.17) is 0 Å². The lowest BCUT2D eigenvalue weighted by atomic mass is 10.3. The molecular weight excluding hydrogens is 214 g/mol. The number of hydrogen-bond acceptors (Lipinski definition) is 3. The zero-order chi connectivity index (χ0) is 11.8. The molecule has 0 fully saturated rings. The van der Waals surface area contributed by atoms with E-state index < -0.39 is 0 Å². The van der Waals surface area contributed by atoms with Gasteiger partial charge in [0.1, 0.15) is 5.69 Å². The number of rotatable bonds is 2. The van der Waals surface area contributed by atoms with Gasteiger partial charge in [-0.15, -0.1) is 0 Å². The minimum Gasteiger partial charge on any atom is -0.335 e. The highest BCUT2D eigenvalue weighted by Crippen LogP contribution is 2.20. The first-order chi connectivity index (χ1) is 8.28. The van der Waals surface area contributed by atoms with Crippen LogP contribution in [0.1, 0.15) is 12.6 Å². The summed E-state index contributed by atoms with van der Waals surface area (Å²) < 4.78 is 1.94. The highest BCUT2D eigenvalue weighted by atomic mass is 15.3. The maximum absolute atomic E-state index is 4.48. The Balaban J connectivity index is 2.19. The molecule has 3 heterocycles. The summed E-state index contributed by atoms with van der Waals surface area (Å²) in [5.74, 6) is 0.821. The first kappa shape index (κ1) is 10.0. The largest absolute Gasteiger partial charge is 0.335 e. The second-order valence-electron chi connectivity index (χ2n) is 3.95. The quantitative estimate of drug-likeness (QED) is 0.729. The zero-order valence-corrected chi connectivity index (χ0v) is 9.81. The normalized spacial score (nSPS) is 11.2. The van der Waals surface area contributed by atoms with Crippen molar-refractivity contribution in [1.82, 2.24) is 24.7 Å². The predicted molar refractivity (Wildman–Crippen MR) is 65.5 cm³/mol. The molecule has 1 N–H and O–H groups in total. The molecule has 0 bridgehead atoms. The molecule has 0 aliphatic rings. The molecule has 0 radical (unpaired) electrons. The van der Waals surface area contributed by atoms with Gasteiger partial charge in [0.15, 0.2) is 11.5 Å². The van der Waals surface area contributed by atoms with Crippen molar-refractivity contribution >= 4 is 11.2 Å². The lowest BCUT2D eigenvalue weighted by molar-refractivity contribution is 0.658. The standard InChI is InChI=1S/C12H13N5/c1-3-17-10(7-8(2)16-17)12-14-9-5-4-6-13-11(9)15-12/h4-7H,3H2,1-2H3,(H,13,14,15). The molecule has 0 saturated heterocycles. The molecule has 3 aromatic rings. The highest BCUT2D eigenvalue weighted by Gasteiger charge is 2.11. The molecule has 0 saturated carbocycles. The molecule has 0 unspecified atom stereocenters. The summed E-state index contributed by atoms with van der Waals surface area (Å²) in [5, 5.41) is 4.41. The molecule has 0 spiro atoms. The smallest absolute Gasteiger partial charge is 0.178 e. The molecule has 0 atom stereocenters. The lowest BCUT2D eigenvalue weighted by Crippen LogP contribution is -1.99. The predicted octanol–water partition coefficient (Wildman–Crippen LogP) is 2.15. The summed E-state index contributed by atoms with van der Waals surface area (Å²) in [7, 11) is 0. The van der Waals surface area contributed by atoms with Crippen molar-refractivity contribution < 1.29 is 0 Å². The van der Waals surface area contributed by atoms with E-state index in [9.17, 15) is 0 Å². The molecule has 0 aliphatic carbocycles. The van der Waals surface area contributed by atoms with Crippen molar-refractivity contribution in [3.05, 3.63) is 30.1 Å². The van der Waals surface area contributed by atoms with E-state index in [1.165, 1.54) is 0 Å². The summed E-state index contributed by atoms with van der Waals surface area (Å²) in [5.41, 5.74) is 3.69. The zero-order valence-electron chi connectivity index (χ0n) is 9.81. The molecule has 5 nitrogen and oxygen atoms in total. The molecule has 86 valence electrons. The van der Waals surface area contributed by atoms with Crippen LogP contribution < -0.4 is 0 Å². The van der Waals surface area contributed by atoms with Gasteiger partial charge in [-0.25, -0.2) is 9.97 Å². The fourth-order valence-corrected chi connectivity index (χ4v) is 1.94. The Hall–Kier alpha value is -2.17. The van der Waals surface area contributed by atoms with Gasteiger partial charge in [-0.05, 0) is 32.0 Å². The minimum atomic E-state index is 0.740. The van der Waals surface area contributed by atoms with Crippen LogP contribution in [0.4, 0.5) is 0 Å². The van der Waals surface area contributed by atoms with Crippen LogP contribution in [0.2, 0.25) is 0 Å². The number of aryl methyl sites for hydroxylation is 2. The number of hydrogen-bond donors (Lipinski definition) is 1. The summed E-state index contributed by atoms with van der Waals surface area (Å²) >= 11 is 0. The third kappa shape index (κ3) is 1.60. The highest BCUT2D eigenvalue weighted by molar-refractivity contribution is 5.74. The number of H-pyrrole nitrogens is 1. The Morgan fingerprint density at radius 2 is 2.29 bits per heavy atom. The number of nitrogens with one attached hydrogen (secondary N) is 1. The van der Waals surface area contributed by atoms with Gasteiger partial charge in [-0.3, -0.25) is 4.68 Å². The molecule has 3 rings (SSSR count). The van der Waals surface area contributed by atoms with Gasteiger partial charge in [-0.1, -0.05) is 0 Å². The fourth-order valence-electron chi connectivity index (χ4n) is 1.94. The lowest BCUT2D eigenvalue weighted by Gasteiger charge is -1.99. The molecule has 0 aliphatic heterocycles. The van der Waals surface area contributed by atoms with Gasteiger partial charge in [0, 0.05) is 12.7 Å². The van der Waals surface area contributed by atoms with E-state index in [2.05, 4.69) is 27.0 Å². The topological polar surface area (TPSA) is 59.4 Å². The van der Waals surface area contributed by atoms with Gasteiger partial charge >= 0.3 is 0 Å². The molecule has 0 aromatic carbocycles. The van der Waals surface area contributed by atoms with E-state index in [1.807, 2.05) is 29.8 Å². The van der Waals surface area contributed by atoms with Crippen molar-refractivity contribution in [2.24, 2.45) is 0 Å². The van der Waals surface area contributed by atoms with Crippen molar-refractivity contribution in [1.29, 1.82) is 0 Å². The van der Waals surface area contributed by atoms with Crippen LogP contribution >= 0.6 is 0 Å². The SMILES string of the molecule is CCn1nc(C)cc1-c1nc2ncccc2[nH]1. The minimum absolute atomic E-state index is 0.740. The molecule has 5 heteroatoms. The molecule has 17 heavy (non-hydrogen) atoms. The average Bonchev–Trinajstić information content (AvgIpc) is 2.91. The van der Waals surface area contributed by atoms with Gasteiger partial charge in [0.25, 0.3) is 0 Å². The summed E-state index contributed by atoms with van der Waals surface area (Å²) in [6.45, 7) is 4.88. The number of imidazole rings is 1. The third-order valence-electron chi connectivity index (χ3n) is 2.70. The fraction of sp³-hybridized carbons (Fsp3) is 0.250. The van der Waals surface area contributed by atoms with Crippen LogP contribution in [0.25, 0.3) is 22.7 Å². The molecule has 0 amide bonds. The summed E-state index contributed by atoms with van der Waals surface area (Å²) in [6.07, 6.45) is 1.75. The third-order valence-corrected chi connectivity index (χ3v) is 2.70. The van der Waals surface area contributed by atoms with E-state index in [0.717, 1.165) is 34.9 Å². The van der Waals surface area contributed by atoms with Crippen LogP contribution in [-0.2, 0) is 6.54 Å². The van der Waals surface area contributed by atoms with Crippen molar-refractivity contribution in [3.8, 4) is 11.5 Å². The molecular formula is C12H13N5. The Kier molecular flexibility index (Phi) is 2.18. The Bertz CT molecular complexity index is 631. The van der Waals surface area contributed by atoms with E-state index in [0.29, 0.717) is 0 Å². The Morgan fingerprint density at radius 1 is 1.41 bits per heavy atom. The summed E-state index contributed by atoms with van der Waals surface area (Å²) in [6, 6.07) is 5.90. The molecule has 3 aromatic heterocycles. The van der Waals surface area contributed by atoms with Crippen LogP contribution in [0.3, 0.4) is 0 Å². The first-order valence-corrected chi connectivity index (χ1v) is 5.63. The maximum atomic E-state index is 4.48. The Labute approximate surface area is 98.5 Å². The number of nitrogens with zero attached hydrogens (tertiary/aromatic N) is 4. The number of aromatic amines is 1. The van der Waals surface area contributed by atoms with Gasteiger partial charge in [0.2, 0.25) is 0 Å². The van der Waals surface area contributed by atoms with Gasteiger partial charge < -0.3 is 4.98 Å². The average molecular weight is 227 g/mol. The van der Waals surface area contributed by atoms with Crippen LogP contribution in [0, 0.1) is 6.92 Å². The number of pyridine rings is 1. The number of aromatic nitrogens is 5. The monoisotopic (exact) mass is 227 g/mol. The second kappa shape index (κ2) is 3.69. The number of fused-ring (bicyclic) bond motifs is 1. The van der Waals surface area contributed by atoms with Crippen LogP contribution in [0.15, 0.2) is 24.4 Å².